The topological polar surface area (TPSA) is 89.9 Å². The molecule has 1 aliphatic rings. The van der Waals surface area contributed by atoms with E-state index in [1.807, 2.05) is 6.92 Å². The Hall–Kier alpha value is -1.95. The summed E-state index contributed by atoms with van der Waals surface area (Å²) in [5, 5.41) is 8.55. The largest absolute Gasteiger partial charge is 0.478 e. The molecule has 142 valence electrons. The minimum absolute atomic E-state index is 0.230. The van der Waals surface area contributed by atoms with E-state index in [0.717, 1.165) is 38.6 Å². The molecule has 0 aromatic rings. The van der Waals surface area contributed by atoms with Crippen LogP contribution in [0.15, 0.2) is 23.8 Å². The molecule has 2 unspecified atom stereocenters. The van der Waals surface area contributed by atoms with Crippen LogP contribution in [-0.2, 0) is 23.9 Å². The third-order valence-corrected chi connectivity index (χ3v) is 3.67. The average Bonchev–Trinajstić information content (AvgIpc) is 3.09. The van der Waals surface area contributed by atoms with Gasteiger partial charge in [0.2, 0.25) is 0 Å². The second kappa shape index (κ2) is 13.4. The fraction of sp³-hybridized carbons (Fsp3) is 0.632. The van der Waals surface area contributed by atoms with Crippen molar-refractivity contribution in [1.82, 2.24) is 0 Å². The monoisotopic (exact) mass is 354 g/mol. The van der Waals surface area contributed by atoms with Gasteiger partial charge in [0.15, 0.2) is 0 Å². The first-order valence-electron chi connectivity index (χ1n) is 8.55. The van der Waals surface area contributed by atoms with Gasteiger partial charge in [-0.1, -0.05) is 19.6 Å². The predicted octanol–water partition coefficient (Wildman–Crippen LogP) is 3.31. The maximum absolute atomic E-state index is 10.9. The summed E-state index contributed by atoms with van der Waals surface area (Å²) in [5.74, 6) is -0.973. The van der Waals surface area contributed by atoms with Crippen LogP contribution in [0, 0.1) is 5.92 Å². The van der Waals surface area contributed by atoms with E-state index < -0.39 is 5.97 Å². The Kier molecular flexibility index (Phi) is 12.3. The zero-order valence-corrected chi connectivity index (χ0v) is 15.5. The van der Waals surface area contributed by atoms with Crippen molar-refractivity contribution in [3.8, 4) is 0 Å². The summed E-state index contributed by atoms with van der Waals surface area (Å²) in [7, 11) is 0. The molecule has 6 nitrogen and oxygen atoms in total. The zero-order chi connectivity index (χ0) is 19.2. The fourth-order valence-electron chi connectivity index (χ4n) is 2.00. The average molecular weight is 354 g/mol. The molecule has 1 fully saturated rings. The summed E-state index contributed by atoms with van der Waals surface area (Å²) in [6, 6.07) is 0. The number of ether oxygens (including phenoxy) is 2. The van der Waals surface area contributed by atoms with Gasteiger partial charge in [0.05, 0.1) is 12.7 Å². The van der Waals surface area contributed by atoms with Crippen LogP contribution >= 0.6 is 0 Å². The van der Waals surface area contributed by atoms with Gasteiger partial charge in [-0.25, -0.2) is 9.59 Å². The minimum atomic E-state index is -0.840. The van der Waals surface area contributed by atoms with Gasteiger partial charge >= 0.3 is 11.9 Å². The van der Waals surface area contributed by atoms with Crippen molar-refractivity contribution in [2.75, 3.05) is 13.2 Å². The molecule has 1 heterocycles. The van der Waals surface area contributed by atoms with Crippen molar-refractivity contribution in [2.24, 2.45) is 5.92 Å². The van der Waals surface area contributed by atoms with Gasteiger partial charge in [-0.15, -0.1) is 0 Å². The van der Waals surface area contributed by atoms with Crippen LogP contribution in [0.1, 0.15) is 52.9 Å². The highest BCUT2D eigenvalue weighted by Crippen LogP contribution is 2.16. The highest BCUT2D eigenvalue weighted by Gasteiger charge is 2.14. The van der Waals surface area contributed by atoms with E-state index >= 15 is 0 Å². The SMILES string of the molecule is C=C(C)C(=O)OCC(C)CCC=O.CC(=CCC1CCCO1)C(=O)O. The summed E-state index contributed by atoms with van der Waals surface area (Å²) in [4.78, 5) is 31.4. The molecule has 1 saturated heterocycles. The lowest BCUT2D eigenvalue weighted by atomic mass is 10.1. The minimum Gasteiger partial charge on any atom is -0.478 e. The van der Waals surface area contributed by atoms with Gasteiger partial charge in [0, 0.05) is 24.2 Å². The van der Waals surface area contributed by atoms with Gasteiger partial charge in [-0.3, -0.25) is 0 Å². The molecule has 0 saturated carbocycles. The number of carboxylic acids is 1. The second-order valence-corrected chi connectivity index (χ2v) is 6.29. The molecule has 0 spiro atoms. The number of carboxylic acid groups (broad SMARTS) is 1. The molecule has 0 aromatic heterocycles. The predicted molar refractivity (Wildman–Crippen MR) is 95.2 cm³/mol. The fourth-order valence-corrected chi connectivity index (χ4v) is 2.00. The van der Waals surface area contributed by atoms with Crippen LogP contribution in [0.2, 0.25) is 0 Å². The molecule has 1 aliphatic heterocycles. The third-order valence-electron chi connectivity index (χ3n) is 3.67. The van der Waals surface area contributed by atoms with Crippen molar-refractivity contribution in [3.05, 3.63) is 23.8 Å². The molecule has 0 aromatic carbocycles. The Morgan fingerprint density at radius 2 is 2.08 bits per heavy atom. The lowest BCUT2D eigenvalue weighted by molar-refractivity contribution is -0.140. The smallest absolute Gasteiger partial charge is 0.333 e. The number of aldehydes is 1. The van der Waals surface area contributed by atoms with Crippen molar-refractivity contribution in [3.63, 3.8) is 0 Å². The summed E-state index contributed by atoms with van der Waals surface area (Å²) in [6.45, 7) is 9.81. The molecular weight excluding hydrogens is 324 g/mol. The van der Waals surface area contributed by atoms with Gasteiger partial charge < -0.3 is 19.4 Å². The van der Waals surface area contributed by atoms with Crippen molar-refractivity contribution >= 4 is 18.2 Å². The zero-order valence-electron chi connectivity index (χ0n) is 15.5. The van der Waals surface area contributed by atoms with E-state index in [2.05, 4.69) is 6.58 Å². The molecule has 1 rings (SSSR count). The molecule has 6 heteroatoms. The van der Waals surface area contributed by atoms with Crippen LogP contribution in [0.25, 0.3) is 0 Å². The quantitative estimate of drug-likeness (QED) is 0.388. The van der Waals surface area contributed by atoms with Gasteiger partial charge in [0.1, 0.15) is 6.29 Å². The van der Waals surface area contributed by atoms with Crippen molar-refractivity contribution in [2.45, 2.75) is 59.0 Å². The molecule has 0 bridgehead atoms. The maximum atomic E-state index is 10.9. The maximum Gasteiger partial charge on any atom is 0.333 e. The normalized spacial score (nSPS) is 17.9. The molecule has 0 aliphatic carbocycles. The first kappa shape index (κ1) is 23.1. The van der Waals surface area contributed by atoms with Gasteiger partial charge in [-0.2, -0.15) is 0 Å². The van der Waals surface area contributed by atoms with Crippen LogP contribution in [0.4, 0.5) is 0 Å². The van der Waals surface area contributed by atoms with Crippen LogP contribution < -0.4 is 0 Å². The number of esters is 1. The Bertz CT molecular complexity index is 474. The lowest BCUT2D eigenvalue weighted by Crippen LogP contribution is -2.12. The second-order valence-electron chi connectivity index (χ2n) is 6.29. The molecule has 0 radical (unpaired) electrons. The standard InChI is InChI=1S/C10H16O3.C9H14O3/c1-8(2)10(12)13-7-9(3)5-4-6-11;1-7(9(10)11)4-5-8-3-2-6-12-8/h6,9H,1,4-5,7H2,2-3H3;4,8H,2-3,5-6H2,1H3,(H,10,11). The molecule has 25 heavy (non-hydrogen) atoms. The summed E-state index contributed by atoms with van der Waals surface area (Å²) < 4.78 is 10.3. The Labute approximate surface area is 149 Å². The first-order valence-corrected chi connectivity index (χ1v) is 8.55. The highest BCUT2D eigenvalue weighted by atomic mass is 16.5. The molecule has 1 N–H and O–H groups in total. The van der Waals surface area contributed by atoms with E-state index in [0.29, 0.717) is 24.2 Å². The van der Waals surface area contributed by atoms with E-state index in [-0.39, 0.29) is 18.0 Å². The van der Waals surface area contributed by atoms with E-state index in [9.17, 15) is 14.4 Å². The number of aliphatic carboxylic acids is 1. The van der Waals surface area contributed by atoms with Gasteiger partial charge in [-0.05, 0) is 45.4 Å². The summed E-state index contributed by atoms with van der Waals surface area (Å²) in [6.07, 6.45) is 7.03. The number of hydrogen-bond acceptors (Lipinski definition) is 5. The Morgan fingerprint density at radius 1 is 1.40 bits per heavy atom. The first-order chi connectivity index (χ1) is 11.8. The van der Waals surface area contributed by atoms with Gasteiger partial charge in [0.25, 0.3) is 0 Å². The van der Waals surface area contributed by atoms with Crippen LogP contribution in [0.5, 0.6) is 0 Å². The van der Waals surface area contributed by atoms with E-state index in [4.69, 9.17) is 14.6 Å². The summed E-state index contributed by atoms with van der Waals surface area (Å²) >= 11 is 0. The lowest BCUT2D eigenvalue weighted by Gasteiger charge is -2.09. The Balaban J connectivity index is 0.000000462. The molecule has 0 amide bonds. The van der Waals surface area contributed by atoms with Crippen LogP contribution in [0.3, 0.4) is 0 Å². The number of carbonyl (C=O) groups excluding carboxylic acids is 2. The number of rotatable bonds is 9. The van der Waals surface area contributed by atoms with Crippen molar-refractivity contribution < 1.29 is 29.0 Å². The molecule has 2 atom stereocenters. The number of hydrogen-bond donors (Lipinski definition) is 1. The molecular formula is C19H30O6. The van der Waals surface area contributed by atoms with E-state index in [1.54, 1.807) is 19.9 Å². The Morgan fingerprint density at radius 3 is 2.56 bits per heavy atom. The van der Waals surface area contributed by atoms with E-state index in [1.165, 1.54) is 0 Å². The van der Waals surface area contributed by atoms with Crippen molar-refractivity contribution in [1.29, 1.82) is 0 Å². The number of carbonyl (C=O) groups is 3. The van der Waals surface area contributed by atoms with Crippen LogP contribution in [-0.4, -0.2) is 42.6 Å². The highest BCUT2D eigenvalue weighted by molar-refractivity contribution is 5.87. The third kappa shape index (κ3) is 12.1. The summed E-state index contributed by atoms with van der Waals surface area (Å²) in [5.41, 5.74) is 0.813.